The molecular formula is C23H25F3N4O2. The van der Waals surface area contributed by atoms with Crippen molar-refractivity contribution in [2.45, 2.75) is 63.7 Å². The Balaban J connectivity index is 1.72. The van der Waals surface area contributed by atoms with Gasteiger partial charge in [0.05, 0.1) is 34.5 Å². The molecular weight excluding hydrogens is 421 g/mol. The zero-order chi connectivity index (χ0) is 23.0. The molecule has 6 nitrogen and oxygen atoms in total. The van der Waals surface area contributed by atoms with Gasteiger partial charge in [0.15, 0.2) is 5.82 Å². The summed E-state index contributed by atoms with van der Waals surface area (Å²) in [6.45, 7) is 3.40. The number of alkyl halides is 2. The minimum atomic E-state index is -2.91. The first-order valence-corrected chi connectivity index (χ1v) is 10.6. The normalized spacial score (nSPS) is 22.3. The number of anilines is 1. The number of nitrogens with zero attached hydrogens (tertiary/aromatic N) is 3. The summed E-state index contributed by atoms with van der Waals surface area (Å²) in [5.41, 5.74) is 0.0781. The number of aromatic nitrogens is 3. The number of halogens is 3. The van der Waals surface area contributed by atoms with Crippen LogP contribution in [0, 0.1) is 12.7 Å². The summed E-state index contributed by atoms with van der Waals surface area (Å²) < 4.78 is 40.8. The largest absolute Gasteiger partial charge is 0.393 e. The van der Waals surface area contributed by atoms with Crippen LogP contribution in [0.2, 0.25) is 0 Å². The maximum atomic E-state index is 14.6. The van der Waals surface area contributed by atoms with Crippen LogP contribution in [0.15, 0.2) is 30.5 Å². The molecule has 0 aliphatic heterocycles. The van der Waals surface area contributed by atoms with Crippen molar-refractivity contribution in [1.82, 2.24) is 15.2 Å². The summed E-state index contributed by atoms with van der Waals surface area (Å²) in [6.07, 6.45) is 0.0622. The highest BCUT2D eigenvalue weighted by molar-refractivity contribution is 5.90. The fourth-order valence-electron chi connectivity index (χ4n) is 4.24. The Kier molecular flexibility index (Phi) is 6.05. The molecule has 0 bridgehead atoms. The van der Waals surface area contributed by atoms with Crippen molar-refractivity contribution in [2.24, 2.45) is 0 Å². The first kappa shape index (κ1) is 22.4. The van der Waals surface area contributed by atoms with E-state index < -0.39 is 35.6 Å². The van der Waals surface area contributed by atoms with E-state index in [2.05, 4.69) is 20.5 Å². The van der Waals surface area contributed by atoms with E-state index in [0.29, 0.717) is 53.7 Å². The van der Waals surface area contributed by atoms with E-state index >= 15 is 0 Å². The average molecular weight is 446 g/mol. The van der Waals surface area contributed by atoms with E-state index in [9.17, 15) is 23.4 Å². The van der Waals surface area contributed by atoms with Crippen molar-refractivity contribution in [1.29, 1.82) is 0 Å². The number of hydrogen-bond acceptors (Lipinski definition) is 6. The molecule has 32 heavy (non-hydrogen) atoms. The number of pyridine rings is 1. The number of aryl methyl sites for hydroxylation is 1. The van der Waals surface area contributed by atoms with Crippen molar-refractivity contribution in [3.05, 3.63) is 58.7 Å². The van der Waals surface area contributed by atoms with Crippen LogP contribution in [-0.4, -0.2) is 31.5 Å². The topological polar surface area (TPSA) is 91.2 Å². The zero-order valence-corrected chi connectivity index (χ0v) is 17.8. The fraction of sp³-hybridized carbons (Fsp3) is 0.435. The van der Waals surface area contributed by atoms with Crippen molar-refractivity contribution in [2.75, 3.05) is 5.32 Å². The highest BCUT2D eigenvalue weighted by atomic mass is 19.3. The summed E-state index contributed by atoms with van der Waals surface area (Å²) in [5, 5.41) is 32.9. The lowest BCUT2D eigenvalue weighted by Crippen LogP contribution is -2.33. The summed E-state index contributed by atoms with van der Waals surface area (Å²) in [5.74, 6) is -0.644. The maximum Gasteiger partial charge on any atom is 0.266 e. The molecule has 0 radical (unpaired) electrons. The standard InChI is InChI=1S/C23H25F3N4O2/c1-12(16-4-3-5-17(19(16)24)21(25)26)28-22-18-10-14(11-27-20(18)13(2)29-30-22)23(32)8-6-15(31)7-9-23/h3-5,10-12,15,21,31-32H,6-9H2,1-2H3,(H,28,30)/t12-,15?,23?/m1/s1. The first-order chi connectivity index (χ1) is 15.2. The van der Waals surface area contributed by atoms with Crippen LogP contribution in [0.4, 0.5) is 19.0 Å². The number of aliphatic hydroxyl groups is 2. The number of hydrogen-bond donors (Lipinski definition) is 3. The second-order valence-corrected chi connectivity index (χ2v) is 8.43. The van der Waals surface area contributed by atoms with E-state index in [1.807, 2.05) is 0 Å². The Morgan fingerprint density at radius 3 is 2.53 bits per heavy atom. The van der Waals surface area contributed by atoms with Gasteiger partial charge in [0.25, 0.3) is 6.43 Å². The van der Waals surface area contributed by atoms with E-state index in [4.69, 9.17) is 0 Å². The molecule has 1 aliphatic rings. The number of rotatable bonds is 5. The highest BCUT2D eigenvalue weighted by Gasteiger charge is 2.35. The molecule has 1 fully saturated rings. The number of benzene rings is 1. The second-order valence-electron chi connectivity index (χ2n) is 8.43. The van der Waals surface area contributed by atoms with Crippen molar-refractivity contribution < 1.29 is 23.4 Å². The maximum absolute atomic E-state index is 14.6. The number of nitrogens with one attached hydrogen (secondary N) is 1. The van der Waals surface area contributed by atoms with Crippen molar-refractivity contribution in [3.63, 3.8) is 0 Å². The van der Waals surface area contributed by atoms with Gasteiger partial charge in [0.1, 0.15) is 5.82 Å². The van der Waals surface area contributed by atoms with E-state index in [0.717, 1.165) is 6.07 Å². The molecule has 0 amide bonds. The minimum Gasteiger partial charge on any atom is -0.393 e. The fourth-order valence-corrected chi connectivity index (χ4v) is 4.24. The predicted molar refractivity (Wildman–Crippen MR) is 114 cm³/mol. The molecule has 1 aliphatic carbocycles. The van der Waals surface area contributed by atoms with Gasteiger partial charge in [-0.1, -0.05) is 18.2 Å². The number of aliphatic hydroxyl groups excluding tert-OH is 1. The predicted octanol–water partition coefficient (Wildman–Crippen LogP) is 4.71. The third-order valence-corrected chi connectivity index (χ3v) is 6.22. The molecule has 9 heteroatoms. The Morgan fingerprint density at radius 2 is 1.84 bits per heavy atom. The summed E-state index contributed by atoms with van der Waals surface area (Å²) in [6, 6.07) is 5.01. The zero-order valence-electron chi connectivity index (χ0n) is 17.8. The summed E-state index contributed by atoms with van der Waals surface area (Å²) in [7, 11) is 0. The lowest BCUT2D eigenvalue weighted by molar-refractivity contribution is -0.0362. The number of fused-ring (bicyclic) bond motifs is 1. The van der Waals surface area contributed by atoms with Crippen LogP contribution in [-0.2, 0) is 5.60 Å². The van der Waals surface area contributed by atoms with Crippen LogP contribution in [0.3, 0.4) is 0 Å². The Bertz CT molecular complexity index is 1130. The Hall–Kier alpha value is -2.78. The molecule has 3 N–H and O–H groups in total. The van der Waals surface area contributed by atoms with Gasteiger partial charge in [-0.25, -0.2) is 13.2 Å². The Labute approximate surface area is 183 Å². The third kappa shape index (κ3) is 4.14. The van der Waals surface area contributed by atoms with Gasteiger partial charge in [0, 0.05) is 22.7 Å². The SMILES string of the molecule is Cc1nnc(N[C@H](C)c2cccc(C(F)F)c2F)c2cc(C3(O)CCC(O)CC3)cnc12. The summed E-state index contributed by atoms with van der Waals surface area (Å²) in [4.78, 5) is 4.48. The van der Waals surface area contributed by atoms with Crippen LogP contribution in [0.1, 0.15) is 67.5 Å². The highest BCUT2D eigenvalue weighted by Crippen LogP contribution is 2.39. The van der Waals surface area contributed by atoms with Gasteiger partial charge in [0.2, 0.25) is 0 Å². The Morgan fingerprint density at radius 1 is 1.16 bits per heavy atom. The molecule has 4 rings (SSSR count). The monoisotopic (exact) mass is 446 g/mol. The van der Waals surface area contributed by atoms with Gasteiger partial charge in [-0.3, -0.25) is 4.98 Å². The lowest BCUT2D eigenvalue weighted by Gasteiger charge is -2.34. The van der Waals surface area contributed by atoms with Crippen LogP contribution >= 0.6 is 0 Å². The minimum absolute atomic E-state index is 0.0855. The second kappa shape index (κ2) is 8.63. The third-order valence-electron chi connectivity index (χ3n) is 6.22. The quantitative estimate of drug-likeness (QED) is 0.526. The molecule has 2 heterocycles. The molecule has 2 aromatic heterocycles. The lowest BCUT2D eigenvalue weighted by atomic mass is 9.79. The molecule has 1 saturated carbocycles. The van der Waals surface area contributed by atoms with E-state index in [1.165, 1.54) is 12.1 Å². The molecule has 1 aromatic carbocycles. The first-order valence-electron chi connectivity index (χ1n) is 10.6. The van der Waals surface area contributed by atoms with Crippen LogP contribution in [0.5, 0.6) is 0 Å². The van der Waals surface area contributed by atoms with Crippen molar-refractivity contribution >= 4 is 16.7 Å². The molecule has 1 atom stereocenters. The average Bonchev–Trinajstić information content (AvgIpc) is 2.77. The van der Waals surface area contributed by atoms with Crippen LogP contribution < -0.4 is 5.32 Å². The van der Waals surface area contributed by atoms with Crippen molar-refractivity contribution in [3.8, 4) is 0 Å². The van der Waals surface area contributed by atoms with E-state index in [-0.39, 0.29) is 5.56 Å². The smallest absolute Gasteiger partial charge is 0.266 e. The van der Waals surface area contributed by atoms with Gasteiger partial charge >= 0.3 is 0 Å². The molecule has 3 aromatic rings. The van der Waals surface area contributed by atoms with Gasteiger partial charge in [-0.15, -0.1) is 5.10 Å². The summed E-state index contributed by atoms with van der Waals surface area (Å²) >= 11 is 0. The van der Waals surface area contributed by atoms with Gasteiger partial charge in [-0.05, 0) is 45.6 Å². The molecule has 0 unspecified atom stereocenters. The van der Waals surface area contributed by atoms with Gasteiger partial charge < -0.3 is 15.5 Å². The van der Waals surface area contributed by atoms with Gasteiger partial charge in [-0.2, -0.15) is 5.10 Å². The molecule has 170 valence electrons. The molecule has 0 saturated heterocycles. The molecule has 0 spiro atoms. The van der Waals surface area contributed by atoms with Crippen LogP contribution in [0.25, 0.3) is 10.9 Å². The van der Waals surface area contributed by atoms with E-state index in [1.54, 1.807) is 26.1 Å².